The Bertz CT molecular complexity index is 1810. The Morgan fingerprint density at radius 3 is 2.21 bits per heavy atom. The van der Waals surface area contributed by atoms with Crippen molar-refractivity contribution in [1.82, 2.24) is 9.97 Å². The number of aromatic nitrogens is 2. The highest BCUT2D eigenvalue weighted by atomic mass is 28.3. The number of fused-ring (bicyclic) bond motifs is 7. The van der Waals surface area contributed by atoms with Crippen LogP contribution in [0.1, 0.15) is 11.4 Å². The van der Waals surface area contributed by atoms with Gasteiger partial charge in [0.1, 0.15) is 8.07 Å². The van der Waals surface area contributed by atoms with Gasteiger partial charge >= 0.3 is 0 Å². The Balaban J connectivity index is 1.71. The first kappa shape index (κ1) is 19.0. The lowest BCUT2D eigenvalue weighted by Gasteiger charge is -2.34. The van der Waals surface area contributed by atoms with Crippen LogP contribution in [0.3, 0.4) is 0 Å². The van der Waals surface area contributed by atoms with Gasteiger partial charge in [-0.3, -0.25) is 9.97 Å². The van der Waals surface area contributed by atoms with Crippen LogP contribution in [0.5, 0.6) is 0 Å². The minimum Gasteiger partial charge on any atom is -0.258 e. The van der Waals surface area contributed by atoms with Crippen molar-refractivity contribution >= 4 is 61.5 Å². The fourth-order valence-electron chi connectivity index (χ4n) is 6.03. The van der Waals surface area contributed by atoms with E-state index in [0.29, 0.717) is 0 Å². The number of aryl methyl sites for hydroxylation is 2. The molecule has 0 saturated heterocycles. The summed E-state index contributed by atoms with van der Waals surface area (Å²) < 4.78 is 0. The van der Waals surface area contributed by atoms with Crippen molar-refractivity contribution in [1.29, 1.82) is 0 Å². The number of pyridine rings is 2. The van der Waals surface area contributed by atoms with E-state index in [9.17, 15) is 0 Å². The predicted molar refractivity (Wildman–Crippen MR) is 144 cm³/mol. The molecule has 0 saturated carbocycles. The van der Waals surface area contributed by atoms with Crippen molar-refractivity contribution in [2.24, 2.45) is 0 Å². The van der Waals surface area contributed by atoms with Crippen LogP contribution in [0.4, 0.5) is 0 Å². The van der Waals surface area contributed by atoms with Crippen molar-refractivity contribution in [2.45, 2.75) is 26.9 Å². The van der Waals surface area contributed by atoms with Gasteiger partial charge in [0.2, 0.25) is 0 Å². The molecule has 3 heteroatoms. The van der Waals surface area contributed by atoms with Gasteiger partial charge in [0, 0.05) is 33.9 Å². The maximum Gasteiger partial charge on any atom is 0.114 e. The highest BCUT2D eigenvalue weighted by molar-refractivity contribution is 7.03. The Kier molecular flexibility index (Phi) is 3.60. The Labute approximate surface area is 193 Å². The Morgan fingerprint density at radius 1 is 0.667 bits per heavy atom. The third-order valence-corrected chi connectivity index (χ3v) is 11.2. The lowest BCUT2D eigenvalue weighted by atomic mass is 9.94. The number of hydrogen-bond acceptors (Lipinski definition) is 2. The van der Waals surface area contributed by atoms with Gasteiger partial charge in [-0.15, -0.1) is 0 Å². The van der Waals surface area contributed by atoms with Gasteiger partial charge in [0.15, 0.2) is 0 Å². The van der Waals surface area contributed by atoms with Crippen molar-refractivity contribution in [2.75, 3.05) is 0 Å². The van der Waals surface area contributed by atoms with Gasteiger partial charge < -0.3 is 0 Å². The fraction of sp³-hybridized carbons (Fsp3) is 0.133. The predicted octanol–water partition coefficient (Wildman–Crippen LogP) is 6.51. The van der Waals surface area contributed by atoms with E-state index in [4.69, 9.17) is 9.97 Å². The largest absolute Gasteiger partial charge is 0.258 e. The SMILES string of the molecule is Cc1cc2c(ccc3c4ccnc5c4c(cc23)[Si](C)(C)c2cc3ccccc3cc2-5)c(C)n1. The molecular formula is C30H24N2Si. The van der Waals surface area contributed by atoms with Gasteiger partial charge in [-0.25, -0.2) is 0 Å². The van der Waals surface area contributed by atoms with Crippen LogP contribution >= 0.6 is 0 Å². The van der Waals surface area contributed by atoms with Crippen LogP contribution < -0.4 is 10.4 Å². The second kappa shape index (κ2) is 6.27. The number of benzene rings is 4. The molecule has 0 aliphatic carbocycles. The minimum atomic E-state index is -1.97. The van der Waals surface area contributed by atoms with E-state index in [0.717, 1.165) is 17.1 Å². The van der Waals surface area contributed by atoms with Crippen LogP contribution in [-0.4, -0.2) is 18.0 Å². The second-order valence-corrected chi connectivity index (χ2v) is 14.3. The molecule has 6 aromatic rings. The van der Waals surface area contributed by atoms with Crippen molar-refractivity contribution in [3.63, 3.8) is 0 Å². The quantitative estimate of drug-likeness (QED) is 0.199. The Morgan fingerprint density at radius 2 is 1.39 bits per heavy atom. The summed E-state index contributed by atoms with van der Waals surface area (Å²) >= 11 is 0. The maximum atomic E-state index is 4.96. The summed E-state index contributed by atoms with van der Waals surface area (Å²) in [5.41, 5.74) is 4.63. The molecule has 0 unspecified atom stereocenters. The van der Waals surface area contributed by atoms with E-state index < -0.39 is 8.07 Å². The lowest BCUT2D eigenvalue weighted by Crippen LogP contribution is -2.56. The monoisotopic (exact) mass is 440 g/mol. The molecule has 0 bridgehead atoms. The van der Waals surface area contributed by atoms with Crippen LogP contribution in [0.15, 0.2) is 72.9 Å². The standard InChI is InChI=1S/C30H24N2Si/c1-17-13-24-21(18(2)32-17)9-10-22-23-11-12-31-30-26-14-19-7-5-6-8-20(19)15-27(26)33(3,4)28(29(23)30)16-25(22)24/h5-16H,1-4H3. The smallest absolute Gasteiger partial charge is 0.114 e. The molecule has 0 N–H and O–H groups in total. The van der Waals surface area contributed by atoms with Crippen LogP contribution in [0, 0.1) is 13.8 Å². The molecule has 1 aliphatic heterocycles. The first-order chi connectivity index (χ1) is 15.9. The van der Waals surface area contributed by atoms with E-state index in [1.807, 2.05) is 6.20 Å². The molecule has 0 atom stereocenters. The number of nitrogens with zero attached hydrogens (tertiary/aromatic N) is 2. The molecule has 4 aromatic carbocycles. The van der Waals surface area contributed by atoms with E-state index in [1.54, 1.807) is 0 Å². The van der Waals surface area contributed by atoms with Crippen LogP contribution in [-0.2, 0) is 0 Å². The first-order valence-electron chi connectivity index (χ1n) is 11.6. The van der Waals surface area contributed by atoms with Crippen molar-refractivity contribution in [3.05, 3.63) is 84.3 Å². The molecule has 2 aromatic heterocycles. The number of rotatable bonds is 0. The third-order valence-electron chi connectivity index (χ3n) is 7.66. The molecule has 0 amide bonds. The van der Waals surface area contributed by atoms with Crippen LogP contribution in [0.25, 0.3) is 54.3 Å². The lowest BCUT2D eigenvalue weighted by molar-refractivity contribution is 1.15. The van der Waals surface area contributed by atoms with E-state index in [2.05, 4.69) is 93.7 Å². The zero-order valence-electron chi connectivity index (χ0n) is 19.3. The summed E-state index contributed by atoms with van der Waals surface area (Å²) in [5.74, 6) is 0. The van der Waals surface area contributed by atoms with Crippen molar-refractivity contribution < 1.29 is 0 Å². The van der Waals surface area contributed by atoms with Gasteiger partial charge in [0.25, 0.3) is 0 Å². The van der Waals surface area contributed by atoms with E-state index in [-0.39, 0.29) is 0 Å². The maximum absolute atomic E-state index is 4.96. The average molecular weight is 441 g/mol. The van der Waals surface area contributed by atoms with Gasteiger partial charge in [-0.05, 0) is 74.7 Å². The summed E-state index contributed by atoms with van der Waals surface area (Å²) in [4.78, 5) is 9.69. The summed E-state index contributed by atoms with van der Waals surface area (Å²) in [6, 6.07) is 25.0. The van der Waals surface area contributed by atoms with E-state index >= 15 is 0 Å². The minimum absolute atomic E-state index is 1.07. The zero-order valence-corrected chi connectivity index (χ0v) is 20.3. The van der Waals surface area contributed by atoms with Gasteiger partial charge in [-0.2, -0.15) is 0 Å². The molecule has 0 radical (unpaired) electrons. The molecule has 3 heterocycles. The average Bonchev–Trinajstić information content (AvgIpc) is 2.81. The molecule has 158 valence electrons. The molecule has 1 aliphatic rings. The second-order valence-electron chi connectivity index (χ2n) is 9.98. The van der Waals surface area contributed by atoms with Gasteiger partial charge in [0.05, 0.1) is 5.69 Å². The normalized spacial score (nSPS) is 14.3. The summed E-state index contributed by atoms with van der Waals surface area (Å²) in [5, 5.41) is 13.5. The van der Waals surface area contributed by atoms with Gasteiger partial charge in [-0.1, -0.05) is 61.6 Å². The molecule has 7 rings (SSSR count). The zero-order chi connectivity index (χ0) is 22.5. The highest BCUT2D eigenvalue weighted by Gasteiger charge is 2.37. The highest BCUT2D eigenvalue weighted by Crippen LogP contribution is 2.39. The third kappa shape index (κ3) is 2.43. The molecule has 2 nitrogen and oxygen atoms in total. The molecule has 0 spiro atoms. The van der Waals surface area contributed by atoms with Crippen LogP contribution in [0.2, 0.25) is 13.1 Å². The molecule has 0 fully saturated rings. The topological polar surface area (TPSA) is 25.8 Å². The number of hydrogen-bond donors (Lipinski definition) is 0. The molecular weight excluding hydrogens is 416 g/mol. The summed E-state index contributed by atoms with van der Waals surface area (Å²) in [6.45, 7) is 9.22. The summed E-state index contributed by atoms with van der Waals surface area (Å²) in [6.07, 6.45) is 1.99. The summed E-state index contributed by atoms with van der Waals surface area (Å²) in [7, 11) is -1.97. The van der Waals surface area contributed by atoms with E-state index in [1.165, 1.54) is 59.0 Å². The first-order valence-corrected chi connectivity index (χ1v) is 14.6. The van der Waals surface area contributed by atoms with Crippen molar-refractivity contribution in [3.8, 4) is 11.3 Å². The fourth-order valence-corrected chi connectivity index (χ4v) is 9.09. The molecule has 33 heavy (non-hydrogen) atoms. The Hall–Kier alpha value is -3.56.